The summed E-state index contributed by atoms with van der Waals surface area (Å²) in [5, 5.41) is 0. The Bertz CT molecular complexity index is 449. The SMILES string of the molecule is CCc1nccn1-c1nccc(CN)n1. The van der Waals surface area contributed by atoms with E-state index in [1.807, 2.05) is 23.8 Å². The first kappa shape index (κ1) is 9.79. The largest absolute Gasteiger partial charge is 0.325 e. The lowest BCUT2D eigenvalue weighted by atomic mass is 10.4. The van der Waals surface area contributed by atoms with Gasteiger partial charge in [-0.25, -0.2) is 15.0 Å². The maximum atomic E-state index is 5.53. The van der Waals surface area contributed by atoms with Crippen LogP contribution < -0.4 is 5.73 Å². The highest BCUT2D eigenvalue weighted by Gasteiger charge is 2.05. The zero-order valence-electron chi connectivity index (χ0n) is 8.59. The summed E-state index contributed by atoms with van der Waals surface area (Å²) < 4.78 is 1.87. The van der Waals surface area contributed by atoms with Crippen LogP contribution in [-0.4, -0.2) is 19.5 Å². The molecule has 0 radical (unpaired) electrons. The number of aromatic nitrogens is 4. The molecule has 78 valence electrons. The number of nitrogens with two attached hydrogens (primary N) is 1. The molecule has 0 fully saturated rings. The van der Waals surface area contributed by atoms with Crippen LogP contribution in [0.25, 0.3) is 5.95 Å². The van der Waals surface area contributed by atoms with Gasteiger partial charge in [0.05, 0.1) is 5.69 Å². The Morgan fingerprint density at radius 2 is 2.20 bits per heavy atom. The minimum Gasteiger partial charge on any atom is -0.325 e. The molecule has 0 spiro atoms. The number of aryl methyl sites for hydroxylation is 1. The fourth-order valence-electron chi connectivity index (χ4n) is 1.39. The van der Waals surface area contributed by atoms with Crippen LogP contribution in [0.3, 0.4) is 0 Å². The highest BCUT2D eigenvalue weighted by molar-refractivity contribution is 5.17. The molecule has 0 amide bonds. The number of hydrogen-bond donors (Lipinski definition) is 1. The Hall–Kier alpha value is -1.75. The molecule has 0 aliphatic carbocycles. The molecule has 15 heavy (non-hydrogen) atoms. The molecule has 2 N–H and O–H groups in total. The Morgan fingerprint density at radius 3 is 2.93 bits per heavy atom. The Balaban J connectivity index is 2.44. The fourth-order valence-corrected chi connectivity index (χ4v) is 1.39. The van der Waals surface area contributed by atoms with Gasteiger partial charge in [0.1, 0.15) is 5.82 Å². The lowest BCUT2D eigenvalue weighted by Gasteiger charge is -2.04. The monoisotopic (exact) mass is 203 g/mol. The first-order valence-electron chi connectivity index (χ1n) is 4.89. The third-order valence-electron chi connectivity index (χ3n) is 2.16. The van der Waals surface area contributed by atoms with E-state index in [0.717, 1.165) is 17.9 Å². The third-order valence-corrected chi connectivity index (χ3v) is 2.16. The van der Waals surface area contributed by atoms with Gasteiger partial charge in [-0.3, -0.25) is 4.57 Å². The predicted molar refractivity (Wildman–Crippen MR) is 56.4 cm³/mol. The van der Waals surface area contributed by atoms with Gasteiger partial charge in [-0.1, -0.05) is 6.92 Å². The van der Waals surface area contributed by atoms with Crippen LogP contribution >= 0.6 is 0 Å². The first-order chi connectivity index (χ1) is 7.35. The molecule has 0 bridgehead atoms. The van der Waals surface area contributed by atoms with Gasteiger partial charge in [0.25, 0.3) is 0 Å². The average molecular weight is 203 g/mol. The van der Waals surface area contributed by atoms with Crippen molar-refractivity contribution in [2.75, 3.05) is 0 Å². The van der Waals surface area contributed by atoms with Crippen molar-refractivity contribution in [3.8, 4) is 5.95 Å². The molecular weight excluding hydrogens is 190 g/mol. The standard InChI is InChI=1S/C10H13N5/c1-2-9-12-5-6-15(9)10-13-4-3-8(7-11)14-10/h3-6H,2,7,11H2,1H3. The van der Waals surface area contributed by atoms with Gasteiger partial charge in [-0.2, -0.15) is 0 Å². The number of rotatable bonds is 3. The van der Waals surface area contributed by atoms with Crippen LogP contribution in [-0.2, 0) is 13.0 Å². The second-order valence-electron chi connectivity index (χ2n) is 3.12. The smallest absolute Gasteiger partial charge is 0.235 e. The van der Waals surface area contributed by atoms with Crippen molar-refractivity contribution in [1.82, 2.24) is 19.5 Å². The van der Waals surface area contributed by atoms with Crippen LogP contribution in [0, 0.1) is 0 Å². The summed E-state index contributed by atoms with van der Waals surface area (Å²) in [6, 6.07) is 1.81. The van der Waals surface area contributed by atoms with Gasteiger partial charge >= 0.3 is 0 Å². The number of nitrogens with zero attached hydrogens (tertiary/aromatic N) is 4. The second kappa shape index (κ2) is 4.18. The van der Waals surface area contributed by atoms with E-state index in [1.54, 1.807) is 12.4 Å². The molecule has 0 aliphatic rings. The van der Waals surface area contributed by atoms with Crippen LogP contribution in [0.2, 0.25) is 0 Å². The molecule has 2 rings (SSSR count). The molecule has 0 aliphatic heterocycles. The Labute approximate surface area is 88.0 Å². The van der Waals surface area contributed by atoms with Crippen molar-refractivity contribution in [1.29, 1.82) is 0 Å². The summed E-state index contributed by atoms with van der Waals surface area (Å²) in [5.41, 5.74) is 6.36. The van der Waals surface area contributed by atoms with Crippen molar-refractivity contribution >= 4 is 0 Å². The predicted octanol–water partition coefficient (Wildman–Crippen LogP) is 0.683. The fraction of sp³-hybridized carbons (Fsp3) is 0.300. The maximum Gasteiger partial charge on any atom is 0.235 e. The molecule has 2 heterocycles. The van der Waals surface area contributed by atoms with Crippen LogP contribution in [0.1, 0.15) is 18.4 Å². The quantitative estimate of drug-likeness (QED) is 0.796. The van der Waals surface area contributed by atoms with Gasteiger partial charge < -0.3 is 5.73 Å². The molecule has 2 aromatic rings. The lowest BCUT2D eigenvalue weighted by molar-refractivity contribution is 0.817. The molecule has 5 heteroatoms. The van der Waals surface area contributed by atoms with Crippen molar-refractivity contribution in [3.63, 3.8) is 0 Å². The highest BCUT2D eigenvalue weighted by Crippen LogP contribution is 2.06. The molecule has 0 atom stereocenters. The second-order valence-corrected chi connectivity index (χ2v) is 3.12. The van der Waals surface area contributed by atoms with Crippen LogP contribution in [0.4, 0.5) is 0 Å². The average Bonchev–Trinajstić information content (AvgIpc) is 2.77. The topological polar surface area (TPSA) is 69.6 Å². The Kier molecular flexibility index (Phi) is 2.73. The van der Waals surface area contributed by atoms with Crippen molar-refractivity contribution < 1.29 is 0 Å². The lowest BCUT2D eigenvalue weighted by Crippen LogP contribution is -2.07. The molecular formula is C10H13N5. The first-order valence-corrected chi connectivity index (χ1v) is 4.89. The highest BCUT2D eigenvalue weighted by atomic mass is 15.2. The maximum absolute atomic E-state index is 5.53. The van der Waals surface area contributed by atoms with E-state index in [1.165, 1.54) is 0 Å². The van der Waals surface area contributed by atoms with E-state index in [4.69, 9.17) is 5.73 Å². The summed E-state index contributed by atoms with van der Waals surface area (Å²) in [6.45, 7) is 2.47. The number of hydrogen-bond acceptors (Lipinski definition) is 4. The summed E-state index contributed by atoms with van der Waals surface area (Å²) in [5.74, 6) is 1.58. The van der Waals surface area contributed by atoms with Gasteiger partial charge in [-0.15, -0.1) is 0 Å². The van der Waals surface area contributed by atoms with Gasteiger partial charge in [-0.05, 0) is 6.07 Å². The molecule has 2 aromatic heterocycles. The summed E-state index contributed by atoms with van der Waals surface area (Å²) in [6.07, 6.45) is 6.17. The van der Waals surface area contributed by atoms with E-state index in [-0.39, 0.29) is 0 Å². The molecule has 0 saturated heterocycles. The molecule has 0 unspecified atom stereocenters. The van der Waals surface area contributed by atoms with E-state index in [0.29, 0.717) is 12.5 Å². The van der Waals surface area contributed by atoms with Crippen LogP contribution in [0.5, 0.6) is 0 Å². The van der Waals surface area contributed by atoms with E-state index in [2.05, 4.69) is 15.0 Å². The van der Waals surface area contributed by atoms with Gasteiger partial charge in [0.15, 0.2) is 0 Å². The summed E-state index contributed by atoms with van der Waals surface area (Å²) in [4.78, 5) is 12.7. The minimum atomic E-state index is 0.422. The minimum absolute atomic E-state index is 0.422. The molecule has 5 nitrogen and oxygen atoms in total. The van der Waals surface area contributed by atoms with E-state index in [9.17, 15) is 0 Å². The van der Waals surface area contributed by atoms with Crippen molar-refractivity contribution in [2.24, 2.45) is 5.73 Å². The number of imidazole rings is 1. The van der Waals surface area contributed by atoms with E-state index < -0.39 is 0 Å². The van der Waals surface area contributed by atoms with Gasteiger partial charge in [0, 0.05) is 31.6 Å². The zero-order chi connectivity index (χ0) is 10.7. The third kappa shape index (κ3) is 1.87. The Morgan fingerprint density at radius 1 is 1.33 bits per heavy atom. The molecule has 0 saturated carbocycles. The van der Waals surface area contributed by atoms with Crippen molar-refractivity contribution in [2.45, 2.75) is 19.9 Å². The normalized spacial score (nSPS) is 10.5. The summed E-state index contributed by atoms with van der Waals surface area (Å²) in [7, 11) is 0. The van der Waals surface area contributed by atoms with E-state index >= 15 is 0 Å². The summed E-state index contributed by atoms with van der Waals surface area (Å²) >= 11 is 0. The van der Waals surface area contributed by atoms with Crippen LogP contribution in [0.15, 0.2) is 24.7 Å². The zero-order valence-corrected chi connectivity index (χ0v) is 8.59. The molecule has 0 aromatic carbocycles. The van der Waals surface area contributed by atoms with Gasteiger partial charge in [0.2, 0.25) is 5.95 Å². The van der Waals surface area contributed by atoms with Crippen molar-refractivity contribution in [3.05, 3.63) is 36.2 Å².